The molecule has 0 aliphatic carbocycles. The minimum atomic E-state index is 0.00510. The average molecular weight is 287 g/mol. The van der Waals surface area contributed by atoms with E-state index in [0.717, 1.165) is 28.3 Å². The first-order valence-electron chi connectivity index (χ1n) is 6.86. The zero-order valence-electron chi connectivity index (χ0n) is 12.6. The van der Waals surface area contributed by atoms with Crippen LogP contribution in [0, 0.1) is 0 Å². The van der Waals surface area contributed by atoms with Gasteiger partial charge in [-0.1, -0.05) is 18.2 Å². The molecule has 21 heavy (non-hydrogen) atoms. The van der Waals surface area contributed by atoms with E-state index in [0.29, 0.717) is 0 Å². The van der Waals surface area contributed by atoms with Gasteiger partial charge in [-0.2, -0.15) is 0 Å². The number of benzene rings is 2. The van der Waals surface area contributed by atoms with Gasteiger partial charge in [-0.25, -0.2) is 0 Å². The summed E-state index contributed by atoms with van der Waals surface area (Å²) in [6.07, 6.45) is 0. The summed E-state index contributed by atoms with van der Waals surface area (Å²) in [7, 11) is 3.30. The summed E-state index contributed by atoms with van der Waals surface area (Å²) in [5, 5.41) is 12.8. The summed E-state index contributed by atoms with van der Waals surface area (Å²) in [6, 6.07) is 13.4. The van der Waals surface area contributed by atoms with Crippen molar-refractivity contribution in [2.45, 2.75) is 19.6 Å². The minimum absolute atomic E-state index is 0.00510. The largest absolute Gasteiger partial charge is 0.497 e. The Morgan fingerprint density at radius 2 is 1.86 bits per heavy atom. The fourth-order valence-corrected chi connectivity index (χ4v) is 2.29. The third-order valence-electron chi connectivity index (χ3n) is 3.46. The Morgan fingerprint density at radius 1 is 1.10 bits per heavy atom. The first-order chi connectivity index (χ1) is 10.2. The smallest absolute Gasteiger partial charge is 0.124 e. The highest BCUT2D eigenvalue weighted by molar-refractivity contribution is 5.54. The van der Waals surface area contributed by atoms with E-state index < -0.39 is 0 Å². The van der Waals surface area contributed by atoms with Crippen molar-refractivity contribution in [1.82, 2.24) is 0 Å². The minimum Gasteiger partial charge on any atom is -0.497 e. The molecule has 4 heteroatoms. The van der Waals surface area contributed by atoms with Crippen molar-refractivity contribution in [3.05, 3.63) is 53.6 Å². The molecule has 1 atom stereocenters. The van der Waals surface area contributed by atoms with Gasteiger partial charge in [0.15, 0.2) is 0 Å². The molecule has 0 saturated heterocycles. The maximum Gasteiger partial charge on any atom is 0.124 e. The summed E-state index contributed by atoms with van der Waals surface area (Å²) >= 11 is 0. The van der Waals surface area contributed by atoms with Gasteiger partial charge in [0, 0.05) is 16.8 Å². The number of aliphatic hydroxyl groups is 1. The maximum atomic E-state index is 9.40. The van der Waals surface area contributed by atoms with Crippen LogP contribution < -0.4 is 14.8 Å². The second-order valence-electron chi connectivity index (χ2n) is 4.79. The number of hydrogen-bond acceptors (Lipinski definition) is 4. The normalized spacial score (nSPS) is 11.8. The van der Waals surface area contributed by atoms with Gasteiger partial charge in [-0.3, -0.25) is 0 Å². The van der Waals surface area contributed by atoms with E-state index >= 15 is 0 Å². The molecule has 0 amide bonds. The van der Waals surface area contributed by atoms with Crippen molar-refractivity contribution >= 4 is 5.69 Å². The molecule has 112 valence electrons. The van der Waals surface area contributed by atoms with Crippen LogP contribution in [0.4, 0.5) is 5.69 Å². The summed E-state index contributed by atoms with van der Waals surface area (Å²) in [5.74, 6) is 1.59. The number of para-hydroxylation sites is 1. The first-order valence-corrected chi connectivity index (χ1v) is 6.86. The van der Waals surface area contributed by atoms with Gasteiger partial charge in [0.25, 0.3) is 0 Å². The summed E-state index contributed by atoms with van der Waals surface area (Å²) in [4.78, 5) is 0. The number of methoxy groups -OCH3 is 2. The van der Waals surface area contributed by atoms with E-state index in [-0.39, 0.29) is 12.6 Å². The number of ether oxygens (including phenoxy) is 2. The zero-order valence-corrected chi connectivity index (χ0v) is 12.6. The highest BCUT2D eigenvalue weighted by atomic mass is 16.5. The zero-order chi connectivity index (χ0) is 15.2. The van der Waals surface area contributed by atoms with E-state index in [4.69, 9.17) is 9.47 Å². The van der Waals surface area contributed by atoms with Crippen LogP contribution in [-0.2, 0) is 6.61 Å². The van der Waals surface area contributed by atoms with Crippen LogP contribution in [0.2, 0.25) is 0 Å². The van der Waals surface area contributed by atoms with E-state index in [1.54, 1.807) is 14.2 Å². The third kappa shape index (κ3) is 3.47. The van der Waals surface area contributed by atoms with Crippen LogP contribution >= 0.6 is 0 Å². The third-order valence-corrected chi connectivity index (χ3v) is 3.46. The van der Waals surface area contributed by atoms with E-state index in [2.05, 4.69) is 5.32 Å². The van der Waals surface area contributed by atoms with Gasteiger partial charge < -0.3 is 19.9 Å². The van der Waals surface area contributed by atoms with Crippen molar-refractivity contribution in [2.24, 2.45) is 0 Å². The molecular weight excluding hydrogens is 266 g/mol. The molecule has 0 bridgehead atoms. The number of aliphatic hydroxyl groups excluding tert-OH is 1. The van der Waals surface area contributed by atoms with Crippen molar-refractivity contribution in [2.75, 3.05) is 19.5 Å². The Labute approximate surface area is 125 Å². The Hall–Kier alpha value is -2.20. The molecular formula is C17H21NO3. The lowest BCUT2D eigenvalue weighted by atomic mass is 10.1. The first kappa shape index (κ1) is 15.2. The molecule has 0 heterocycles. The van der Waals surface area contributed by atoms with Crippen LogP contribution in [0.3, 0.4) is 0 Å². The molecule has 0 spiro atoms. The summed E-state index contributed by atoms with van der Waals surface area (Å²) in [5.41, 5.74) is 2.79. The summed E-state index contributed by atoms with van der Waals surface area (Å²) < 4.78 is 10.7. The van der Waals surface area contributed by atoms with Crippen molar-refractivity contribution in [1.29, 1.82) is 0 Å². The van der Waals surface area contributed by atoms with Gasteiger partial charge in [-0.05, 0) is 31.2 Å². The van der Waals surface area contributed by atoms with Gasteiger partial charge in [-0.15, -0.1) is 0 Å². The molecule has 0 fully saturated rings. The molecule has 0 aliphatic rings. The second kappa shape index (κ2) is 6.99. The quantitative estimate of drug-likeness (QED) is 0.855. The molecule has 4 nitrogen and oxygen atoms in total. The highest BCUT2D eigenvalue weighted by Crippen LogP contribution is 2.31. The molecule has 0 radical (unpaired) electrons. The number of hydrogen-bond donors (Lipinski definition) is 2. The van der Waals surface area contributed by atoms with Gasteiger partial charge in [0.1, 0.15) is 11.5 Å². The van der Waals surface area contributed by atoms with Gasteiger partial charge >= 0.3 is 0 Å². The van der Waals surface area contributed by atoms with E-state index in [1.807, 2.05) is 49.4 Å². The maximum absolute atomic E-state index is 9.40. The second-order valence-corrected chi connectivity index (χ2v) is 4.79. The SMILES string of the molecule is COc1ccc(OC)c(C(C)Nc2ccccc2CO)c1. The monoisotopic (exact) mass is 287 g/mol. The highest BCUT2D eigenvalue weighted by Gasteiger charge is 2.14. The lowest BCUT2D eigenvalue weighted by Gasteiger charge is -2.20. The van der Waals surface area contributed by atoms with Crippen LogP contribution in [0.15, 0.2) is 42.5 Å². The predicted octanol–water partition coefficient (Wildman–Crippen LogP) is 3.37. The fraction of sp³-hybridized carbons (Fsp3) is 0.294. The molecule has 2 aromatic rings. The van der Waals surface area contributed by atoms with E-state index in [9.17, 15) is 5.11 Å². The van der Waals surface area contributed by atoms with Crippen LogP contribution in [0.5, 0.6) is 11.5 Å². The lowest BCUT2D eigenvalue weighted by molar-refractivity contribution is 0.282. The topological polar surface area (TPSA) is 50.7 Å². The van der Waals surface area contributed by atoms with Crippen LogP contribution in [-0.4, -0.2) is 19.3 Å². The average Bonchev–Trinajstić information content (AvgIpc) is 2.54. The number of anilines is 1. The number of nitrogens with one attached hydrogen (secondary N) is 1. The van der Waals surface area contributed by atoms with Crippen molar-refractivity contribution in [3.63, 3.8) is 0 Å². The molecule has 2 N–H and O–H groups in total. The molecule has 0 aliphatic heterocycles. The molecule has 1 unspecified atom stereocenters. The Morgan fingerprint density at radius 3 is 2.52 bits per heavy atom. The summed E-state index contributed by atoms with van der Waals surface area (Å²) in [6.45, 7) is 2.05. The molecule has 2 rings (SSSR count). The van der Waals surface area contributed by atoms with E-state index in [1.165, 1.54) is 0 Å². The Kier molecular flexibility index (Phi) is 5.06. The van der Waals surface area contributed by atoms with Crippen molar-refractivity contribution < 1.29 is 14.6 Å². The van der Waals surface area contributed by atoms with Gasteiger partial charge in [0.05, 0.1) is 26.9 Å². The van der Waals surface area contributed by atoms with Crippen LogP contribution in [0.25, 0.3) is 0 Å². The number of rotatable bonds is 6. The molecule has 0 saturated carbocycles. The Balaban J connectivity index is 2.29. The molecule has 2 aromatic carbocycles. The predicted molar refractivity (Wildman–Crippen MR) is 83.9 cm³/mol. The Bertz CT molecular complexity index is 598. The fourth-order valence-electron chi connectivity index (χ4n) is 2.29. The van der Waals surface area contributed by atoms with Crippen molar-refractivity contribution in [3.8, 4) is 11.5 Å². The standard InChI is InChI=1S/C17H21NO3/c1-12(18-16-7-5-4-6-13(16)11-19)15-10-14(20-2)8-9-17(15)21-3/h4-10,12,18-19H,11H2,1-3H3. The molecule has 0 aromatic heterocycles. The van der Waals surface area contributed by atoms with Gasteiger partial charge in [0.2, 0.25) is 0 Å². The lowest BCUT2D eigenvalue weighted by Crippen LogP contribution is -2.10. The van der Waals surface area contributed by atoms with Crippen LogP contribution in [0.1, 0.15) is 24.1 Å².